The smallest absolute Gasteiger partial charge is 0.344 e. The summed E-state index contributed by atoms with van der Waals surface area (Å²) in [6.07, 6.45) is 3.71. The van der Waals surface area contributed by atoms with E-state index < -0.39 is 40.8 Å². The molecule has 0 fully saturated rings. The van der Waals surface area contributed by atoms with Gasteiger partial charge in [-0.15, -0.1) is 0 Å². The Balaban J connectivity index is 1.75. The lowest BCUT2D eigenvalue weighted by atomic mass is 9.90. The molecule has 0 bridgehead atoms. The fourth-order valence-electron chi connectivity index (χ4n) is 3.27. The third-order valence-corrected chi connectivity index (χ3v) is 4.80. The molecule has 1 aliphatic carbocycles. The number of ether oxygens (including phenoxy) is 1. The van der Waals surface area contributed by atoms with Crippen LogP contribution in [-0.4, -0.2) is 11.8 Å². The van der Waals surface area contributed by atoms with Crippen molar-refractivity contribution < 1.29 is 36.3 Å². The molecule has 0 unspecified atom stereocenters. The SMILES string of the molecule is O=C1C=CCc2ccc(-c3ccccc3C(=O)Oc3c(F)c(F)c(F)c(F)c3F)cc21. The Bertz CT molecular complexity index is 1250. The van der Waals surface area contributed by atoms with E-state index in [4.69, 9.17) is 0 Å². The first kappa shape index (κ1) is 20.5. The second kappa shape index (κ2) is 7.79. The summed E-state index contributed by atoms with van der Waals surface area (Å²) < 4.78 is 72.4. The number of esters is 1. The molecule has 0 aliphatic heterocycles. The zero-order valence-electron chi connectivity index (χ0n) is 15.5. The van der Waals surface area contributed by atoms with Crippen LogP contribution in [0.1, 0.15) is 26.3 Å². The average Bonchev–Trinajstić information content (AvgIpc) is 2.79. The minimum Gasteiger partial charge on any atom is -0.416 e. The third-order valence-electron chi connectivity index (χ3n) is 4.80. The zero-order valence-corrected chi connectivity index (χ0v) is 15.5. The average molecular weight is 430 g/mol. The van der Waals surface area contributed by atoms with Crippen LogP contribution in [0.25, 0.3) is 11.1 Å². The van der Waals surface area contributed by atoms with Crippen LogP contribution < -0.4 is 4.74 Å². The first-order valence-corrected chi connectivity index (χ1v) is 8.96. The van der Waals surface area contributed by atoms with Gasteiger partial charge in [0, 0.05) is 5.56 Å². The van der Waals surface area contributed by atoms with E-state index in [9.17, 15) is 31.5 Å². The Morgan fingerprint density at radius 2 is 1.45 bits per heavy atom. The Kier molecular flexibility index (Phi) is 5.14. The molecule has 1 aliphatic rings. The summed E-state index contributed by atoms with van der Waals surface area (Å²) in [5, 5.41) is 0. The number of allylic oxidation sites excluding steroid dienone is 2. The number of hydrogen-bond acceptors (Lipinski definition) is 3. The van der Waals surface area contributed by atoms with E-state index in [2.05, 4.69) is 4.74 Å². The summed E-state index contributed by atoms with van der Waals surface area (Å²) in [6, 6.07) is 10.7. The Morgan fingerprint density at radius 3 is 2.16 bits per heavy atom. The van der Waals surface area contributed by atoms with Gasteiger partial charge in [0.05, 0.1) is 5.56 Å². The highest BCUT2D eigenvalue weighted by molar-refractivity contribution is 6.08. The lowest BCUT2D eigenvalue weighted by Gasteiger charge is -2.14. The summed E-state index contributed by atoms with van der Waals surface area (Å²) in [5.74, 6) is -14.6. The van der Waals surface area contributed by atoms with Crippen molar-refractivity contribution in [2.45, 2.75) is 6.42 Å². The van der Waals surface area contributed by atoms with Gasteiger partial charge in [-0.2, -0.15) is 8.78 Å². The summed E-state index contributed by atoms with van der Waals surface area (Å²) in [7, 11) is 0. The molecule has 0 radical (unpaired) electrons. The van der Waals surface area contributed by atoms with Crippen LogP contribution >= 0.6 is 0 Å². The molecular weight excluding hydrogens is 419 g/mol. The lowest BCUT2D eigenvalue weighted by molar-refractivity contribution is 0.0716. The van der Waals surface area contributed by atoms with Crippen molar-refractivity contribution in [1.29, 1.82) is 0 Å². The molecule has 0 heterocycles. The number of benzene rings is 3. The van der Waals surface area contributed by atoms with Gasteiger partial charge in [-0.25, -0.2) is 18.0 Å². The van der Waals surface area contributed by atoms with Gasteiger partial charge in [0.25, 0.3) is 0 Å². The highest BCUT2D eigenvalue weighted by atomic mass is 19.2. The summed E-state index contributed by atoms with van der Waals surface area (Å²) in [4.78, 5) is 24.7. The van der Waals surface area contributed by atoms with Crippen LogP contribution in [0, 0.1) is 29.1 Å². The molecule has 8 heteroatoms. The number of ketones is 1. The Hall–Kier alpha value is -3.81. The highest BCUT2D eigenvalue weighted by Gasteiger charge is 2.29. The molecule has 0 atom stereocenters. The van der Waals surface area contributed by atoms with Crippen LogP contribution in [0.15, 0.2) is 54.6 Å². The maximum atomic E-state index is 13.9. The summed E-state index contributed by atoms with van der Waals surface area (Å²) >= 11 is 0. The fourth-order valence-corrected chi connectivity index (χ4v) is 3.27. The second-order valence-corrected chi connectivity index (χ2v) is 6.68. The number of carbonyl (C=O) groups excluding carboxylic acids is 2. The zero-order chi connectivity index (χ0) is 22.3. The molecule has 0 amide bonds. The molecule has 4 rings (SSSR count). The van der Waals surface area contributed by atoms with Crippen molar-refractivity contribution in [1.82, 2.24) is 0 Å². The normalized spacial score (nSPS) is 12.6. The van der Waals surface area contributed by atoms with Crippen LogP contribution in [0.5, 0.6) is 5.75 Å². The Labute approximate surface area is 172 Å². The second-order valence-electron chi connectivity index (χ2n) is 6.68. The molecule has 0 saturated heterocycles. The molecule has 3 aromatic rings. The van der Waals surface area contributed by atoms with E-state index in [0.717, 1.165) is 5.56 Å². The standard InChI is InChI=1S/C23H11F5O3/c24-17-18(25)20(27)22(21(28)19(17)26)31-23(30)14-6-2-1-5-13(14)12-9-8-11-4-3-7-16(29)15(11)10-12/h1-3,5-10H,4H2. The Morgan fingerprint density at radius 1 is 0.806 bits per heavy atom. The van der Waals surface area contributed by atoms with Gasteiger partial charge in [0.2, 0.25) is 34.8 Å². The monoisotopic (exact) mass is 430 g/mol. The summed E-state index contributed by atoms with van der Waals surface area (Å²) in [6.45, 7) is 0. The summed E-state index contributed by atoms with van der Waals surface area (Å²) in [5.41, 5.74) is 1.72. The van der Waals surface area contributed by atoms with Crippen molar-refractivity contribution in [2.75, 3.05) is 0 Å². The predicted molar refractivity (Wildman–Crippen MR) is 100 cm³/mol. The molecule has 0 aromatic heterocycles. The number of carbonyl (C=O) groups is 2. The minimum atomic E-state index is -2.36. The molecule has 3 nitrogen and oxygen atoms in total. The van der Waals surface area contributed by atoms with Crippen molar-refractivity contribution >= 4 is 11.8 Å². The van der Waals surface area contributed by atoms with E-state index >= 15 is 0 Å². The fraction of sp³-hybridized carbons (Fsp3) is 0.0435. The van der Waals surface area contributed by atoms with E-state index in [1.807, 2.05) is 0 Å². The molecule has 3 aromatic carbocycles. The number of rotatable bonds is 3. The first-order valence-electron chi connectivity index (χ1n) is 8.96. The van der Waals surface area contributed by atoms with Gasteiger partial charge in [0.1, 0.15) is 0 Å². The van der Waals surface area contributed by atoms with E-state index in [1.54, 1.807) is 30.3 Å². The third kappa shape index (κ3) is 3.50. The van der Waals surface area contributed by atoms with Crippen LogP contribution in [-0.2, 0) is 6.42 Å². The van der Waals surface area contributed by atoms with Crippen molar-refractivity contribution in [3.63, 3.8) is 0 Å². The van der Waals surface area contributed by atoms with Gasteiger partial charge in [0.15, 0.2) is 5.78 Å². The van der Waals surface area contributed by atoms with Crippen molar-refractivity contribution in [3.8, 4) is 16.9 Å². The molecular formula is C23H11F5O3. The van der Waals surface area contributed by atoms with E-state index in [1.165, 1.54) is 24.3 Å². The number of halogens is 5. The molecule has 0 saturated carbocycles. The lowest BCUT2D eigenvalue weighted by Crippen LogP contribution is -2.14. The molecule has 0 N–H and O–H groups in total. The number of fused-ring (bicyclic) bond motifs is 1. The minimum absolute atomic E-state index is 0.190. The largest absolute Gasteiger partial charge is 0.416 e. The van der Waals surface area contributed by atoms with Crippen molar-refractivity contribution in [2.24, 2.45) is 0 Å². The molecule has 0 spiro atoms. The predicted octanol–water partition coefficient (Wildman–Crippen LogP) is 5.56. The van der Waals surface area contributed by atoms with Gasteiger partial charge in [-0.3, -0.25) is 4.79 Å². The van der Waals surface area contributed by atoms with E-state index in [-0.39, 0.29) is 16.9 Å². The molecule has 156 valence electrons. The highest BCUT2D eigenvalue weighted by Crippen LogP contribution is 2.32. The quantitative estimate of drug-likeness (QED) is 0.180. The van der Waals surface area contributed by atoms with E-state index in [0.29, 0.717) is 17.5 Å². The van der Waals surface area contributed by atoms with Crippen molar-refractivity contribution in [3.05, 3.63) is 100 Å². The molecule has 31 heavy (non-hydrogen) atoms. The first-order chi connectivity index (χ1) is 14.8. The maximum Gasteiger partial charge on any atom is 0.344 e. The van der Waals surface area contributed by atoms with Gasteiger partial charge in [-0.05, 0) is 41.3 Å². The topological polar surface area (TPSA) is 43.4 Å². The van der Waals surface area contributed by atoms with Crippen LogP contribution in [0.3, 0.4) is 0 Å². The van der Waals surface area contributed by atoms with Crippen LogP contribution in [0.2, 0.25) is 0 Å². The van der Waals surface area contributed by atoms with Gasteiger partial charge >= 0.3 is 5.97 Å². The van der Waals surface area contributed by atoms with Gasteiger partial charge in [-0.1, -0.05) is 36.4 Å². The number of hydrogen-bond donors (Lipinski definition) is 0. The van der Waals surface area contributed by atoms with Gasteiger partial charge < -0.3 is 4.74 Å². The maximum absolute atomic E-state index is 13.9. The van der Waals surface area contributed by atoms with Crippen LogP contribution in [0.4, 0.5) is 22.0 Å².